The zero-order chi connectivity index (χ0) is 32.9. The minimum Gasteiger partial charge on any atom is -0.462 e. The molecule has 0 aromatic carbocycles. The summed E-state index contributed by atoms with van der Waals surface area (Å²) in [5, 5.41) is 9.26. The van der Waals surface area contributed by atoms with Gasteiger partial charge >= 0.3 is 5.97 Å². The summed E-state index contributed by atoms with van der Waals surface area (Å²) in [6.07, 6.45) is 21.9. The van der Waals surface area contributed by atoms with Gasteiger partial charge in [-0.3, -0.25) is 4.79 Å². The second-order valence-corrected chi connectivity index (χ2v) is 25.1. The number of hydrogen-bond donors (Lipinski definition) is 1. The summed E-state index contributed by atoms with van der Waals surface area (Å²) in [6.45, 7) is 27.0. The molecule has 0 unspecified atom stereocenters. The van der Waals surface area contributed by atoms with Gasteiger partial charge in [-0.15, -0.1) is 0 Å². The Morgan fingerprint density at radius 2 is 1.42 bits per heavy atom. The normalized spacial score (nSPS) is 20.7. The molecular weight excluding hydrogens is 569 g/mol. The number of esters is 1. The van der Waals surface area contributed by atoms with Gasteiger partial charge < -0.3 is 18.7 Å². The van der Waals surface area contributed by atoms with Gasteiger partial charge in [0.1, 0.15) is 6.10 Å². The molecule has 1 aliphatic rings. The highest BCUT2D eigenvalue weighted by molar-refractivity contribution is 6.74. The van der Waals surface area contributed by atoms with E-state index in [-0.39, 0.29) is 52.8 Å². The van der Waals surface area contributed by atoms with E-state index in [1.165, 1.54) is 26.2 Å². The number of rotatable bonds is 20. The second kappa shape index (κ2) is 18.2. The Morgan fingerprint density at radius 1 is 0.837 bits per heavy atom. The SMILES string of the molecule is CCCCC/C=C\C/C=C/[C@@H](O[Si](C)(C)C(C)(C)C)[C@H](O[Si](C)(C)C(C)(C)C)[C@@H]1C[C@H]1[C@@H](C/C=C\CCCO)OC(C)=O. The molecule has 0 aromatic rings. The molecule has 1 N–H and O–H groups in total. The van der Waals surface area contributed by atoms with Gasteiger partial charge in [0, 0.05) is 25.9 Å². The molecule has 0 saturated heterocycles. The third kappa shape index (κ3) is 14.3. The molecule has 1 fully saturated rings. The fraction of sp³-hybridized carbons (Fsp3) is 0.806. The Morgan fingerprint density at radius 3 is 1.98 bits per heavy atom. The van der Waals surface area contributed by atoms with E-state index in [0.29, 0.717) is 6.42 Å². The Kier molecular flexibility index (Phi) is 17.0. The summed E-state index contributed by atoms with van der Waals surface area (Å²) < 4.78 is 20.4. The van der Waals surface area contributed by atoms with Gasteiger partial charge in [0.2, 0.25) is 0 Å². The van der Waals surface area contributed by atoms with Crippen molar-refractivity contribution in [1.29, 1.82) is 0 Å². The number of aliphatic hydroxyl groups is 1. The molecule has 5 nitrogen and oxygen atoms in total. The van der Waals surface area contributed by atoms with Crippen LogP contribution in [-0.4, -0.2) is 52.6 Å². The lowest BCUT2D eigenvalue weighted by Crippen LogP contribution is -2.52. The predicted molar refractivity (Wildman–Crippen MR) is 188 cm³/mol. The van der Waals surface area contributed by atoms with Crippen LogP contribution in [0.5, 0.6) is 0 Å². The second-order valence-electron chi connectivity index (χ2n) is 15.6. The molecule has 5 atom stereocenters. The van der Waals surface area contributed by atoms with Crippen LogP contribution in [0.2, 0.25) is 36.3 Å². The van der Waals surface area contributed by atoms with Crippen LogP contribution in [0.3, 0.4) is 0 Å². The van der Waals surface area contributed by atoms with Crippen molar-refractivity contribution in [3.05, 3.63) is 36.5 Å². The van der Waals surface area contributed by atoms with E-state index >= 15 is 0 Å². The van der Waals surface area contributed by atoms with Crippen molar-refractivity contribution < 1.29 is 23.5 Å². The Hall–Kier alpha value is -0.996. The van der Waals surface area contributed by atoms with Crippen LogP contribution in [0.25, 0.3) is 0 Å². The third-order valence-electron chi connectivity index (χ3n) is 9.71. The quantitative estimate of drug-likeness (QED) is 0.0623. The molecule has 0 radical (unpaired) electrons. The summed E-state index contributed by atoms with van der Waals surface area (Å²) in [4.78, 5) is 12.1. The average molecular weight is 637 g/mol. The largest absolute Gasteiger partial charge is 0.462 e. The van der Waals surface area contributed by atoms with E-state index in [1.807, 2.05) is 0 Å². The minimum absolute atomic E-state index is 0.0623. The van der Waals surface area contributed by atoms with Gasteiger partial charge in [0.25, 0.3) is 0 Å². The fourth-order valence-corrected chi connectivity index (χ4v) is 7.38. The molecule has 43 heavy (non-hydrogen) atoms. The molecule has 0 spiro atoms. The number of carbonyl (C=O) groups is 1. The summed E-state index contributed by atoms with van der Waals surface area (Å²) in [6, 6.07) is 0. The van der Waals surface area contributed by atoms with E-state index in [1.54, 1.807) is 0 Å². The Balaban J connectivity index is 3.39. The Labute approximate surface area is 268 Å². The first-order valence-corrected chi connectivity index (χ1v) is 22.8. The van der Waals surface area contributed by atoms with Gasteiger partial charge in [-0.25, -0.2) is 0 Å². The lowest BCUT2D eigenvalue weighted by Gasteiger charge is -2.45. The highest BCUT2D eigenvalue weighted by atomic mass is 28.4. The molecule has 1 saturated carbocycles. The first kappa shape index (κ1) is 40.0. The van der Waals surface area contributed by atoms with Crippen LogP contribution in [0.15, 0.2) is 36.5 Å². The van der Waals surface area contributed by atoms with Crippen LogP contribution in [0, 0.1) is 11.8 Å². The van der Waals surface area contributed by atoms with Crippen LogP contribution in [-0.2, 0) is 18.4 Å². The number of hydrogen-bond acceptors (Lipinski definition) is 5. The van der Waals surface area contributed by atoms with E-state index in [4.69, 9.17) is 18.7 Å². The van der Waals surface area contributed by atoms with Crippen molar-refractivity contribution in [1.82, 2.24) is 0 Å². The predicted octanol–water partition coefficient (Wildman–Crippen LogP) is 10.1. The molecule has 7 heteroatoms. The van der Waals surface area contributed by atoms with Gasteiger partial charge in [0.05, 0.1) is 12.2 Å². The van der Waals surface area contributed by atoms with Crippen LogP contribution in [0.4, 0.5) is 0 Å². The number of aliphatic hydroxyl groups excluding tert-OH is 1. The average Bonchev–Trinajstić information content (AvgIpc) is 3.66. The topological polar surface area (TPSA) is 65.0 Å². The maximum atomic E-state index is 12.1. The molecule has 1 rings (SSSR count). The van der Waals surface area contributed by atoms with E-state index in [9.17, 15) is 4.79 Å². The molecule has 0 bridgehead atoms. The molecule has 1 aliphatic carbocycles. The van der Waals surface area contributed by atoms with Crippen LogP contribution >= 0.6 is 0 Å². The highest BCUT2D eigenvalue weighted by Crippen LogP contribution is 2.51. The van der Waals surface area contributed by atoms with Crippen LogP contribution < -0.4 is 0 Å². The van der Waals surface area contributed by atoms with Crippen molar-refractivity contribution in [2.45, 2.75) is 168 Å². The molecule has 0 heterocycles. The first-order chi connectivity index (χ1) is 19.9. The summed E-state index contributed by atoms with van der Waals surface area (Å²) in [7, 11) is -4.26. The maximum absolute atomic E-state index is 12.1. The molecule has 0 aliphatic heterocycles. The van der Waals surface area contributed by atoms with Gasteiger partial charge in [-0.05, 0) is 80.7 Å². The lowest BCUT2D eigenvalue weighted by molar-refractivity contribution is -0.147. The molecule has 0 amide bonds. The third-order valence-corrected chi connectivity index (χ3v) is 18.7. The summed E-state index contributed by atoms with van der Waals surface area (Å²) >= 11 is 0. The van der Waals surface area contributed by atoms with E-state index in [2.05, 4.69) is 111 Å². The first-order valence-electron chi connectivity index (χ1n) is 17.0. The number of unbranched alkanes of at least 4 members (excludes halogenated alkanes) is 4. The van der Waals surface area contributed by atoms with E-state index in [0.717, 1.165) is 32.1 Å². The zero-order valence-corrected chi connectivity index (χ0v) is 32.0. The Bertz CT molecular complexity index is 894. The van der Waals surface area contributed by atoms with Crippen LogP contribution in [0.1, 0.15) is 113 Å². The van der Waals surface area contributed by atoms with E-state index < -0.39 is 16.6 Å². The van der Waals surface area contributed by atoms with Crippen molar-refractivity contribution in [3.63, 3.8) is 0 Å². The van der Waals surface area contributed by atoms with Crippen molar-refractivity contribution in [2.24, 2.45) is 11.8 Å². The maximum Gasteiger partial charge on any atom is 0.302 e. The van der Waals surface area contributed by atoms with Gasteiger partial charge in [-0.2, -0.15) is 0 Å². The monoisotopic (exact) mass is 636 g/mol. The highest BCUT2D eigenvalue weighted by Gasteiger charge is 2.54. The molecular formula is C36H68O5Si2. The lowest BCUT2D eigenvalue weighted by atomic mass is 10.0. The number of ether oxygens (including phenoxy) is 1. The van der Waals surface area contributed by atoms with Crippen molar-refractivity contribution in [3.8, 4) is 0 Å². The number of allylic oxidation sites excluding steroid dienone is 4. The van der Waals surface area contributed by atoms with Crippen molar-refractivity contribution >= 4 is 22.6 Å². The molecule has 0 aromatic heterocycles. The minimum atomic E-state index is -2.14. The summed E-state index contributed by atoms with van der Waals surface area (Å²) in [5.74, 6) is 0.257. The summed E-state index contributed by atoms with van der Waals surface area (Å²) in [5.41, 5.74) is 0. The zero-order valence-electron chi connectivity index (χ0n) is 30.0. The molecule has 250 valence electrons. The standard InChI is InChI=1S/C36H68O5Si2/c1-13-14-15-16-17-18-19-23-26-33(40-42(9,10)35(3,4)5)34(41-43(11,12)36(6,7)8)31-28-30(31)32(39-29(2)38)25-22-20-21-24-27-37/h17-18,20,22-23,26,30-34,37H,13-16,19,21,24-25,27-28H2,1-12H3/b18-17-,22-20-,26-23+/t30-,31-,32-,33-,34-/m1/s1. The number of carbonyl (C=O) groups excluding carboxylic acids is 1. The van der Waals surface area contributed by atoms with Gasteiger partial charge in [0.15, 0.2) is 16.6 Å². The smallest absolute Gasteiger partial charge is 0.302 e. The van der Waals surface area contributed by atoms with Crippen molar-refractivity contribution in [2.75, 3.05) is 6.61 Å². The fourth-order valence-electron chi connectivity index (χ4n) is 4.79. The van der Waals surface area contributed by atoms with Gasteiger partial charge in [-0.1, -0.05) is 97.8 Å².